The molecule has 0 heterocycles. The Bertz CT molecular complexity index is 356. The minimum atomic E-state index is -3.52. The van der Waals surface area contributed by atoms with Crippen molar-refractivity contribution in [2.24, 2.45) is 5.73 Å². The van der Waals surface area contributed by atoms with Gasteiger partial charge in [-0.1, -0.05) is 12.8 Å². The number of hydrogen-bond donors (Lipinski definition) is 2. The largest absolute Gasteiger partial charge is 0.325 e. The van der Waals surface area contributed by atoms with E-state index in [1.807, 2.05) is 0 Å². The van der Waals surface area contributed by atoms with E-state index in [9.17, 15) is 13.2 Å². The Balaban J connectivity index is 2.54. The van der Waals surface area contributed by atoms with Crippen LogP contribution < -0.4 is 10.5 Å². The third kappa shape index (κ3) is 3.45. The minimum absolute atomic E-state index is 0.0962. The fraction of sp³-hybridized carbons (Fsp3) is 0.900. The molecule has 0 atom stereocenters. The summed E-state index contributed by atoms with van der Waals surface area (Å²) in [5.41, 5.74) is 5.50. The maximum atomic E-state index is 11.6. The highest BCUT2D eigenvalue weighted by atomic mass is 32.2. The first-order valence-electron chi connectivity index (χ1n) is 5.58. The van der Waals surface area contributed by atoms with E-state index in [2.05, 4.69) is 4.72 Å². The Kier molecular flexibility index (Phi) is 3.96. The van der Waals surface area contributed by atoms with E-state index in [0.717, 1.165) is 25.7 Å². The molecular weight excluding hydrogens is 228 g/mol. The van der Waals surface area contributed by atoms with Gasteiger partial charge in [-0.2, -0.15) is 0 Å². The summed E-state index contributed by atoms with van der Waals surface area (Å²) < 4.78 is 25.0. The van der Waals surface area contributed by atoms with Crippen molar-refractivity contribution >= 4 is 15.9 Å². The normalized spacial score (nSPS) is 20.0. The van der Waals surface area contributed by atoms with Gasteiger partial charge in [-0.25, -0.2) is 8.42 Å². The highest BCUT2D eigenvalue weighted by Gasteiger charge is 2.33. The Morgan fingerprint density at radius 2 is 1.88 bits per heavy atom. The molecule has 0 bridgehead atoms. The molecule has 5 nitrogen and oxygen atoms in total. The van der Waals surface area contributed by atoms with Crippen LogP contribution in [0.2, 0.25) is 0 Å². The van der Waals surface area contributed by atoms with Crippen LogP contribution in [0.3, 0.4) is 0 Å². The summed E-state index contributed by atoms with van der Waals surface area (Å²) in [7, 11) is -3.52. The zero-order chi connectivity index (χ0) is 12.4. The van der Waals surface area contributed by atoms with Crippen LogP contribution in [0.25, 0.3) is 0 Å². The van der Waals surface area contributed by atoms with Crippen molar-refractivity contribution in [2.75, 3.05) is 0 Å². The fourth-order valence-corrected chi connectivity index (χ4v) is 2.51. The van der Waals surface area contributed by atoms with Gasteiger partial charge in [0, 0.05) is 12.0 Å². The Morgan fingerprint density at radius 1 is 1.38 bits per heavy atom. The summed E-state index contributed by atoms with van der Waals surface area (Å²) in [5.74, 6) is -0.488. The van der Waals surface area contributed by atoms with Crippen LogP contribution in [0.5, 0.6) is 0 Å². The standard InChI is InChI=1S/C10H20N2O3S/c1-8(2)16(14,15)12-9(13)7-10(11)5-3-4-6-10/h8H,3-7,11H2,1-2H3,(H,12,13). The van der Waals surface area contributed by atoms with Gasteiger partial charge in [0.1, 0.15) is 0 Å². The van der Waals surface area contributed by atoms with E-state index < -0.39 is 26.7 Å². The molecule has 94 valence electrons. The second kappa shape index (κ2) is 4.71. The predicted octanol–water partition coefficient (Wildman–Crippen LogP) is 0.502. The molecule has 0 aromatic carbocycles. The number of carbonyl (C=O) groups is 1. The predicted molar refractivity (Wildman–Crippen MR) is 62.2 cm³/mol. The summed E-state index contributed by atoms with van der Waals surface area (Å²) in [4.78, 5) is 11.6. The van der Waals surface area contributed by atoms with Crippen molar-refractivity contribution in [1.82, 2.24) is 4.72 Å². The maximum Gasteiger partial charge on any atom is 0.237 e. The molecule has 0 aliphatic heterocycles. The minimum Gasteiger partial charge on any atom is -0.325 e. The molecule has 0 aromatic rings. The van der Waals surface area contributed by atoms with Gasteiger partial charge in [-0.05, 0) is 26.7 Å². The Hall–Kier alpha value is -0.620. The van der Waals surface area contributed by atoms with Crippen molar-refractivity contribution in [3.63, 3.8) is 0 Å². The molecule has 16 heavy (non-hydrogen) atoms. The van der Waals surface area contributed by atoms with Crippen molar-refractivity contribution < 1.29 is 13.2 Å². The molecule has 1 aliphatic rings. The van der Waals surface area contributed by atoms with Crippen molar-refractivity contribution in [1.29, 1.82) is 0 Å². The highest BCUT2D eigenvalue weighted by Crippen LogP contribution is 2.29. The third-order valence-corrected chi connectivity index (χ3v) is 4.74. The number of carbonyl (C=O) groups excluding carboxylic acids is 1. The second-order valence-corrected chi connectivity index (χ2v) is 7.10. The lowest BCUT2D eigenvalue weighted by Gasteiger charge is -2.22. The number of hydrogen-bond acceptors (Lipinski definition) is 4. The molecule has 1 fully saturated rings. The van der Waals surface area contributed by atoms with Gasteiger partial charge in [0.05, 0.1) is 5.25 Å². The SMILES string of the molecule is CC(C)S(=O)(=O)NC(=O)CC1(N)CCCC1. The molecule has 0 radical (unpaired) electrons. The van der Waals surface area contributed by atoms with Crippen LogP contribution in [-0.4, -0.2) is 25.1 Å². The molecular formula is C10H20N2O3S. The average molecular weight is 248 g/mol. The monoisotopic (exact) mass is 248 g/mol. The molecule has 1 amide bonds. The van der Waals surface area contributed by atoms with Crippen LogP contribution in [0.1, 0.15) is 46.0 Å². The lowest BCUT2D eigenvalue weighted by Crippen LogP contribution is -2.44. The van der Waals surface area contributed by atoms with Gasteiger partial charge in [-0.3, -0.25) is 9.52 Å². The van der Waals surface area contributed by atoms with Gasteiger partial charge < -0.3 is 5.73 Å². The van der Waals surface area contributed by atoms with Crippen LogP contribution in [-0.2, 0) is 14.8 Å². The summed E-state index contributed by atoms with van der Waals surface area (Å²) in [6.45, 7) is 3.06. The van der Waals surface area contributed by atoms with E-state index in [-0.39, 0.29) is 6.42 Å². The fourth-order valence-electron chi connectivity index (χ4n) is 1.89. The maximum absolute atomic E-state index is 11.6. The highest BCUT2D eigenvalue weighted by molar-refractivity contribution is 7.90. The smallest absolute Gasteiger partial charge is 0.237 e. The van der Waals surface area contributed by atoms with E-state index in [4.69, 9.17) is 5.73 Å². The van der Waals surface area contributed by atoms with Crippen LogP contribution in [0, 0.1) is 0 Å². The number of amides is 1. The summed E-state index contributed by atoms with van der Waals surface area (Å²) in [6.07, 6.45) is 3.71. The molecule has 0 unspecified atom stereocenters. The molecule has 1 saturated carbocycles. The zero-order valence-corrected chi connectivity index (χ0v) is 10.6. The van der Waals surface area contributed by atoms with Crippen LogP contribution in [0.15, 0.2) is 0 Å². The van der Waals surface area contributed by atoms with E-state index >= 15 is 0 Å². The van der Waals surface area contributed by atoms with E-state index in [1.54, 1.807) is 0 Å². The molecule has 0 spiro atoms. The summed E-state index contributed by atoms with van der Waals surface area (Å²) in [6, 6.07) is 0. The summed E-state index contributed by atoms with van der Waals surface area (Å²) in [5, 5.41) is -0.603. The zero-order valence-electron chi connectivity index (χ0n) is 9.82. The quantitative estimate of drug-likeness (QED) is 0.758. The molecule has 0 aromatic heterocycles. The topological polar surface area (TPSA) is 89.3 Å². The first kappa shape index (κ1) is 13.4. The van der Waals surface area contributed by atoms with Gasteiger partial charge >= 0.3 is 0 Å². The van der Waals surface area contributed by atoms with Crippen molar-refractivity contribution in [3.05, 3.63) is 0 Å². The Labute approximate surface area is 96.8 Å². The molecule has 1 aliphatic carbocycles. The molecule has 3 N–H and O–H groups in total. The second-order valence-electron chi connectivity index (χ2n) is 4.87. The van der Waals surface area contributed by atoms with Gasteiger partial charge in [0.2, 0.25) is 15.9 Å². The van der Waals surface area contributed by atoms with Gasteiger partial charge in [-0.15, -0.1) is 0 Å². The molecule has 1 rings (SSSR count). The number of sulfonamides is 1. The Morgan fingerprint density at radius 3 is 2.31 bits per heavy atom. The van der Waals surface area contributed by atoms with Crippen molar-refractivity contribution in [2.45, 2.75) is 56.7 Å². The van der Waals surface area contributed by atoms with E-state index in [1.165, 1.54) is 13.8 Å². The lowest BCUT2D eigenvalue weighted by atomic mass is 9.95. The van der Waals surface area contributed by atoms with Crippen molar-refractivity contribution in [3.8, 4) is 0 Å². The average Bonchev–Trinajstić information content (AvgIpc) is 2.49. The third-order valence-electron chi connectivity index (χ3n) is 2.99. The lowest BCUT2D eigenvalue weighted by molar-refractivity contribution is -0.120. The number of nitrogens with two attached hydrogens (primary N) is 1. The van der Waals surface area contributed by atoms with Gasteiger partial charge in [0.25, 0.3) is 0 Å². The number of rotatable bonds is 4. The summed E-state index contributed by atoms with van der Waals surface area (Å²) >= 11 is 0. The van der Waals surface area contributed by atoms with Crippen LogP contribution >= 0.6 is 0 Å². The number of nitrogens with one attached hydrogen (secondary N) is 1. The van der Waals surface area contributed by atoms with Gasteiger partial charge in [0.15, 0.2) is 0 Å². The molecule has 6 heteroatoms. The van der Waals surface area contributed by atoms with Crippen LogP contribution in [0.4, 0.5) is 0 Å². The molecule has 0 saturated heterocycles. The first-order chi connectivity index (χ1) is 7.25. The first-order valence-corrected chi connectivity index (χ1v) is 7.13. The van der Waals surface area contributed by atoms with E-state index in [0.29, 0.717) is 0 Å².